The van der Waals surface area contributed by atoms with E-state index in [1.165, 1.54) is 5.56 Å². The highest BCUT2D eigenvalue weighted by Crippen LogP contribution is 2.39. The zero-order chi connectivity index (χ0) is 14.8. The quantitative estimate of drug-likeness (QED) is 0.831. The molecule has 106 valence electrons. The summed E-state index contributed by atoms with van der Waals surface area (Å²) in [5.41, 5.74) is 3.05. The molecule has 4 heteroatoms. The van der Waals surface area contributed by atoms with E-state index in [1.807, 2.05) is 42.5 Å². The zero-order valence-corrected chi connectivity index (χ0v) is 12.8. The van der Waals surface area contributed by atoms with Gasteiger partial charge >= 0.3 is 8.60 Å². The van der Waals surface area contributed by atoms with Crippen molar-refractivity contribution in [1.82, 2.24) is 0 Å². The van der Waals surface area contributed by atoms with Gasteiger partial charge in [-0.3, -0.25) is 0 Å². The molecule has 0 amide bonds. The molecule has 0 fully saturated rings. The monoisotopic (exact) mass is 290 g/mol. The van der Waals surface area contributed by atoms with E-state index in [9.17, 15) is 0 Å². The number of benzene rings is 2. The standard InChI is InChI=1S/C16H19O3P/c1-16(2,3)13-9-10-15(19-20(17)18)14(11-13)12-7-5-4-6-8-12/h4-11,17-18H,1-3H3. The predicted molar refractivity (Wildman–Crippen MR) is 82.6 cm³/mol. The second kappa shape index (κ2) is 5.92. The van der Waals surface area contributed by atoms with Crippen molar-refractivity contribution in [3.05, 3.63) is 54.1 Å². The van der Waals surface area contributed by atoms with Crippen molar-refractivity contribution in [2.45, 2.75) is 26.2 Å². The summed E-state index contributed by atoms with van der Waals surface area (Å²) in [4.78, 5) is 18.2. The molecule has 2 aromatic rings. The second-order valence-corrected chi connectivity index (χ2v) is 6.36. The lowest BCUT2D eigenvalue weighted by molar-refractivity contribution is 0.375. The van der Waals surface area contributed by atoms with Crippen LogP contribution in [0.15, 0.2) is 48.5 Å². The van der Waals surface area contributed by atoms with Crippen LogP contribution in [-0.2, 0) is 5.41 Å². The van der Waals surface area contributed by atoms with Gasteiger partial charge in [0, 0.05) is 5.56 Å². The number of rotatable bonds is 3. The van der Waals surface area contributed by atoms with Crippen LogP contribution in [0.3, 0.4) is 0 Å². The van der Waals surface area contributed by atoms with E-state index in [1.54, 1.807) is 6.07 Å². The molecule has 0 unspecified atom stereocenters. The Labute approximate surface area is 120 Å². The van der Waals surface area contributed by atoms with Gasteiger partial charge in [0.05, 0.1) is 0 Å². The highest BCUT2D eigenvalue weighted by molar-refractivity contribution is 7.39. The Kier molecular flexibility index (Phi) is 4.44. The van der Waals surface area contributed by atoms with E-state index in [0.29, 0.717) is 5.75 Å². The van der Waals surface area contributed by atoms with E-state index in [0.717, 1.165) is 11.1 Å². The van der Waals surface area contributed by atoms with Crippen molar-refractivity contribution < 1.29 is 14.3 Å². The van der Waals surface area contributed by atoms with Gasteiger partial charge in [-0.1, -0.05) is 57.2 Å². The van der Waals surface area contributed by atoms with Gasteiger partial charge in [-0.25, -0.2) is 0 Å². The van der Waals surface area contributed by atoms with Crippen LogP contribution in [0.1, 0.15) is 26.3 Å². The van der Waals surface area contributed by atoms with Crippen molar-refractivity contribution in [1.29, 1.82) is 0 Å². The SMILES string of the molecule is CC(C)(C)c1ccc(OP(O)O)c(-c2ccccc2)c1. The fourth-order valence-electron chi connectivity index (χ4n) is 2.01. The summed E-state index contributed by atoms with van der Waals surface area (Å²) in [5, 5.41) is 0. The summed E-state index contributed by atoms with van der Waals surface area (Å²) >= 11 is 0. The van der Waals surface area contributed by atoms with Crippen molar-refractivity contribution in [2.75, 3.05) is 0 Å². The lowest BCUT2D eigenvalue weighted by Crippen LogP contribution is -2.11. The van der Waals surface area contributed by atoms with Crippen LogP contribution in [0, 0.1) is 0 Å². The molecule has 0 heterocycles. The van der Waals surface area contributed by atoms with Crippen LogP contribution in [-0.4, -0.2) is 9.79 Å². The van der Waals surface area contributed by atoms with E-state index in [2.05, 4.69) is 20.8 Å². The Hall–Kier alpha value is -1.41. The van der Waals surface area contributed by atoms with Gasteiger partial charge in [0.15, 0.2) is 0 Å². The second-order valence-electron chi connectivity index (χ2n) is 5.67. The predicted octanol–water partition coefficient (Wildman–Crippen LogP) is 4.24. The van der Waals surface area contributed by atoms with E-state index in [4.69, 9.17) is 14.3 Å². The first-order valence-corrected chi connectivity index (χ1v) is 7.60. The fourth-order valence-corrected chi connectivity index (χ4v) is 2.34. The Balaban J connectivity index is 2.54. The number of hydrogen-bond donors (Lipinski definition) is 2. The molecule has 0 aliphatic heterocycles. The maximum Gasteiger partial charge on any atom is 0.391 e. The maximum atomic E-state index is 9.10. The molecule has 0 radical (unpaired) electrons. The minimum Gasteiger partial charge on any atom is -0.426 e. The van der Waals surface area contributed by atoms with Crippen LogP contribution < -0.4 is 4.52 Å². The molecule has 2 rings (SSSR count). The van der Waals surface area contributed by atoms with E-state index >= 15 is 0 Å². The smallest absolute Gasteiger partial charge is 0.391 e. The molecular formula is C16H19O3P. The van der Waals surface area contributed by atoms with Crippen molar-refractivity contribution in [3.8, 4) is 16.9 Å². The molecule has 20 heavy (non-hydrogen) atoms. The van der Waals surface area contributed by atoms with E-state index < -0.39 is 8.60 Å². The van der Waals surface area contributed by atoms with Gasteiger partial charge < -0.3 is 14.3 Å². The largest absolute Gasteiger partial charge is 0.426 e. The van der Waals surface area contributed by atoms with Gasteiger partial charge in [0.2, 0.25) is 0 Å². The van der Waals surface area contributed by atoms with Crippen LogP contribution in [0.5, 0.6) is 5.75 Å². The zero-order valence-electron chi connectivity index (χ0n) is 11.9. The average Bonchev–Trinajstić information content (AvgIpc) is 2.38. The summed E-state index contributed by atoms with van der Waals surface area (Å²) in [5.74, 6) is 0.486. The molecule has 2 aromatic carbocycles. The van der Waals surface area contributed by atoms with Gasteiger partial charge in [-0.05, 0) is 28.7 Å². The summed E-state index contributed by atoms with van der Waals surface area (Å²) in [6, 6.07) is 15.6. The van der Waals surface area contributed by atoms with Crippen molar-refractivity contribution in [2.24, 2.45) is 0 Å². The molecular weight excluding hydrogens is 271 g/mol. The van der Waals surface area contributed by atoms with Gasteiger partial charge in [-0.2, -0.15) is 0 Å². The van der Waals surface area contributed by atoms with Crippen LogP contribution in [0.4, 0.5) is 0 Å². The molecule has 0 atom stereocenters. The van der Waals surface area contributed by atoms with E-state index in [-0.39, 0.29) is 5.41 Å². The molecule has 0 aliphatic carbocycles. The summed E-state index contributed by atoms with van der Waals surface area (Å²) in [6.07, 6.45) is 0. The lowest BCUT2D eigenvalue weighted by atomic mass is 9.85. The summed E-state index contributed by atoms with van der Waals surface area (Å²) in [7, 11) is -2.42. The van der Waals surface area contributed by atoms with Crippen molar-refractivity contribution in [3.63, 3.8) is 0 Å². The lowest BCUT2D eigenvalue weighted by Gasteiger charge is -2.21. The molecule has 0 aliphatic rings. The Morgan fingerprint density at radius 1 is 0.950 bits per heavy atom. The first-order valence-electron chi connectivity index (χ1n) is 6.44. The topological polar surface area (TPSA) is 49.7 Å². The Morgan fingerprint density at radius 2 is 1.60 bits per heavy atom. The summed E-state index contributed by atoms with van der Waals surface area (Å²) < 4.78 is 5.14. The minimum atomic E-state index is -2.42. The highest BCUT2D eigenvalue weighted by atomic mass is 31.2. The Morgan fingerprint density at radius 3 is 2.15 bits per heavy atom. The minimum absolute atomic E-state index is 0.0191. The Bertz CT molecular complexity index is 574. The highest BCUT2D eigenvalue weighted by Gasteiger charge is 2.18. The third-order valence-electron chi connectivity index (χ3n) is 3.11. The van der Waals surface area contributed by atoms with Gasteiger partial charge in [-0.15, -0.1) is 0 Å². The molecule has 0 bridgehead atoms. The van der Waals surface area contributed by atoms with Gasteiger partial charge in [0.1, 0.15) is 5.75 Å². The van der Waals surface area contributed by atoms with Gasteiger partial charge in [0.25, 0.3) is 0 Å². The third kappa shape index (κ3) is 3.57. The molecule has 0 spiro atoms. The average molecular weight is 290 g/mol. The third-order valence-corrected chi connectivity index (χ3v) is 3.47. The van der Waals surface area contributed by atoms with Crippen LogP contribution in [0.25, 0.3) is 11.1 Å². The molecule has 2 N–H and O–H groups in total. The summed E-state index contributed by atoms with van der Waals surface area (Å²) in [6.45, 7) is 6.42. The molecule has 0 aromatic heterocycles. The number of hydrogen-bond acceptors (Lipinski definition) is 3. The molecule has 0 saturated carbocycles. The first-order chi connectivity index (χ1) is 9.38. The van der Waals surface area contributed by atoms with Crippen LogP contribution >= 0.6 is 8.60 Å². The van der Waals surface area contributed by atoms with Crippen molar-refractivity contribution >= 4 is 8.60 Å². The fraction of sp³-hybridized carbons (Fsp3) is 0.250. The normalized spacial score (nSPS) is 11.7. The maximum absolute atomic E-state index is 9.10. The molecule has 3 nitrogen and oxygen atoms in total. The first kappa shape index (κ1) is 15.0. The van der Waals surface area contributed by atoms with Crippen LogP contribution in [0.2, 0.25) is 0 Å². The molecule has 0 saturated heterocycles.